The van der Waals surface area contributed by atoms with Gasteiger partial charge in [-0.15, -0.1) is 0 Å². The van der Waals surface area contributed by atoms with Gasteiger partial charge in [0.25, 0.3) is 0 Å². The predicted octanol–water partition coefficient (Wildman–Crippen LogP) is 3.20. The molecule has 0 amide bonds. The quantitative estimate of drug-likeness (QED) is 0.522. The first-order valence-electron chi connectivity index (χ1n) is 9.74. The first kappa shape index (κ1) is 20.4. The van der Waals surface area contributed by atoms with Crippen molar-refractivity contribution in [3.8, 4) is 11.5 Å². The van der Waals surface area contributed by atoms with Crippen LogP contribution in [0.1, 0.15) is 33.6 Å². The van der Waals surface area contributed by atoms with Crippen LogP contribution in [0.25, 0.3) is 0 Å². The maximum absolute atomic E-state index is 5.65. The summed E-state index contributed by atoms with van der Waals surface area (Å²) < 4.78 is 11.0. The number of hydrogen-bond acceptors (Lipinski definition) is 4. The Hall–Kier alpha value is -1.95. The lowest BCUT2D eigenvalue weighted by Crippen LogP contribution is -2.32. The van der Waals surface area contributed by atoms with Crippen LogP contribution in [-0.2, 0) is 0 Å². The minimum atomic E-state index is 0.540. The number of anilines is 1. The lowest BCUT2D eigenvalue weighted by molar-refractivity contribution is 0.291. The number of guanidine groups is 1. The third kappa shape index (κ3) is 6.41. The van der Waals surface area contributed by atoms with Gasteiger partial charge in [0.1, 0.15) is 0 Å². The van der Waals surface area contributed by atoms with E-state index >= 15 is 0 Å². The SMILES string of the molecule is CCNC(=NCC(C)CN1CCCC1)Nc1ccc(OC)c(OCC)c1. The number of likely N-dealkylation sites (tertiary alicyclic amines) is 1. The molecule has 1 aliphatic rings. The van der Waals surface area contributed by atoms with E-state index < -0.39 is 0 Å². The zero-order valence-corrected chi connectivity index (χ0v) is 16.7. The van der Waals surface area contributed by atoms with Gasteiger partial charge >= 0.3 is 0 Å². The highest BCUT2D eigenvalue weighted by Gasteiger charge is 2.14. The first-order valence-corrected chi connectivity index (χ1v) is 9.74. The second-order valence-corrected chi connectivity index (χ2v) is 6.76. The zero-order chi connectivity index (χ0) is 18.8. The summed E-state index contributed by atoms with van der Waals surface area (Å²) in [6, 6.07) is 5.83. The number of ether oxygens (including phenoxy) is 2. The van der Waals surface area contributed by atoms with Crippen LogP contribution in [0, 0.1) is 5.92 Å². The molecule has 26 heavy (non-hydrogen) atoms. The van der Waals surface area contributed by atoms with Gasteiger partial charge < -0.3 is 25.0 Å². The Bertz CT molecular complexity index is 571. The van der Waals surface area contributed by atoms with Crippen molar-refractivity contribution >= 4 is 11.6 Å². The summed E-state index contributed by atoms with van der Waals surface area (Å²) in [6.07, 6.45) is 2.67. The molecule has 1 unspecified atom stereocenters. The van der Waals surface area contributed by atoms with E-state index in [9.17, 15) is 0 Å². The molecule has 2 N–H and O–H groups in total. The number of methoxy groups -OCH3 is 1. The molecule has 1 aromatic rings. The van der Waals surface area contributed by atoms with E-state index in [-0.39, 0.29) is 0 Å². The van der Waals surface area contributed by atoms with E-state index in [0.717, 1.165) is 42.8 Å². The Morgan fingerprint density at radius 3 is 2.65 bits per heavy atom. The standard InChI is InChI=1S/C20H34N4O2/c1-5-21-20(22-14-16(3)15-24-11-7-8-12-24)23-17-9-10-18(25-4)19(13-17)26-6-2/h9-10,13,16H,5-8,11-12,14-15H2,1-4H3,(H2,21,22,23). The summed E-state index contributed by atoms with van der Waals surface area (Å²) in [5.74, 6) is 2.81. The zero-order valence-electron chi connectivity index (χ0n) is 16.7. The largest absolute Gasteiger partial charge is 0.493 e. The van der Waals surface area contributed by atoms with E-state index in [4.69, 9.17) is 14.5 Å². The van der Waals surface area contributed by atoms with Gasteiger partial charge in [0, 0.05) is 31.4 Å². The predicted molar refractivity (Wildman–Crippen MR) is 109 cm³/mol. The van der Waals surface area contributed by atoms with Crippen molar-refractivity contribution in [2.75, 3.05) is 51.8 Å². The number of benzene rings is 1. The molecule has 146 valence electrons. The van der Waals surface area contributed by atoms with Crippen molar-refractivity contribution in [1.29, 1.82) is 0 Å². The van der Waals surface area contributed by atoms with Gasteiger partial charge in [-0.25, -0.2) is 0 Å². The molecule has 0 radical (unpaired) electrons. The van der Waals surface area contributed by atoms with Crippen molar-refractivity contribution < 1.29 is 9.47 Å². The Labute approximate surface area is 158 Å². The van der Waals surface area contributed by atoms with Crippen LogP contribution in [0.5, 0.6) is 11.5 Å². The summed E-state index contributed by atoms with van der Waals surface area (Å²) in [6.45, 7) is 12.1. The van der Waals surface area contributed by atoms with Crippen molar-refractivity contribution in [2.24, 2.45) is 10.9 Å². The topological polar surface area (TPSA) is 58.1 Å². The molecule has 0 bridgehead atoms. The van der Waals surface area contributed by atoms with E-state index in [0.29, 0.717) is 12.5 Å². The van der Waals surface area contributed by atoms with Crippen LogP contribution >= 0.6 is 0 Å². The number of hydrogen-bond donors (Lipinski definition) is 2. The second-order valence-electron chi connectivity index (χ2n) is 6.76. The lowest BCUT2D eigenvalue weighted by atomic mass is 10.2. The van der Waals surface area contributed by atoms with Crippen LogP contribution in [-0.4, -0.2) is 57.3 Å². The molecule has 0 aliphatic carbocycles. The van der Waals surface area contributed by atoms with Gasteiger partial charge in [-0.1, -0.05) is 6.92 Å². The number of aliphatic imine (C=N–C) groups is 1. The fourth-order valence-corrected chi connectivity index (χ4v) is 3.18. The Morgan fingerprint density at radius 2 is 2.00 bits per heavy atom. The number of rotatable bonds is 9. The highest BCUT2D eigenvalue weighted by atomic mass is 16.5. The van der Waals surface area contributed by atoms with Crippen LogP contribution in [0.2, 0.25) is 0 Å². The van der Waals surface area contributed by atoms with E-state index in [1.165, 1.54) is 25.9 Å². The average Bonchev–Trinajstić information content (AvgIpc) is 3.13. The third-order valence-corrected chi connectivity index (χ3v) is 4.40. The van der Waals surface area contributed by atoms with Gasteiger partial charge in [0.15, 0.2) is 17.5 Å². The fraction of sp³-hybridized carbons (Fsp3) is 0.650. The number of nitrogens with zero attached hydrogens (tertiary/aromatic N) is 2. The van der Waals surface area contributed by atoms with Crippen LogP contribution in [0.3, 0.4) is 0 Å². The molecule has 2 rings (SSSR count). The fourth-order valence-electron chi connectivity index (χ4n) is 3.18. The monoisotopic (exact) mass is 362 g/mol. The van der Waals surface area contributed by atoms with Crippen molar-refractivity contribution in [2.45, 2.75) is 33.6 Å². The highest BCUT2D eigenvalue weighted by molar-refractivity contribution is 5.93. The average molecular weight is 363 g/mol. The molecule has 1 aliphatic heterocycles. The highest BCUT2D eigenvalue weighted by Crippen LogP contribution is 2.30. The molecule has 1 saturated heterocycles. The molecule has 1 aromatic carbocycles. The molecule has 0 aromatic heterocycles. The number of nitrogens with one attached hydrogen (secondary N) is 2. The Kier molecular flexibility index (Phi) is 8.54. The molecule has 6 heteroatoms. The Morgan fingerprint density at radius 1 is 1.23 bits per heavy atom. The minimum Gasteiger partial charge on any atom is -0.493 e. The summed E-state index contributed by atoms with van der Waals surface area (Å²) in [4.78, 5) is 7.30. The maximum atomic E-state index is 5.65. The molecule has 0 saturated carbocycles. The smallest absolute Gasteiger partial charge is 0.195 e. The summed E-state index contributed by atoms with van der Waals surface area (Å²) in [5.41, 5.74) is 0.932. The van der Waals surface area contributed by atoms with Crippen LogP contribution < -0.4 is 20.1 Å². The molecule has 1 fully saturated rings. The van der Waals surface area contributed by atoms with Gasteiger partial charge in [0.05, 0.1) is 13.7 Å². The van der Waals surface area contributed by atoms with Crippen molar-refractivity contribution in [1.82, 2.24) is 10.2 Å². The third-order valence-electron chi connectivity index (χ3n) is 4.40. The van der Waals surface area contributed by atoms with Gasteiger partial charge in [-0.3, -0.25) is 4.99 Å². The normalized spacial score (nSPS) is 16.4. The molecular formula is C20H34N4O2. The van der Waals surface area contributed by atoms with E-state index in [1.807, 2.05) is 25.1 Å². The van der Waals surface area contributed by atoms with Crippen LogP contribution in [0.15, 0.2) is 23.2 Å². The summed E-state index contributed by atoms with van der Waals surface area (Å²) in [7, 11) is 1.65. The maximum Gasteiger partial charge on any atom is 0.195 e. The second kappa shape index (κ2) is 10.9. The lowest BCUT2D eigenvalue weighted by Gasteiger charge is -2.19. The van der Waals surface area contributed by atoms with Crippen molar-refractivity contribution in [3.05, 3.63) is 18.2 Å². The van der Waals surface area contributed by atoms with Gasteiger partial charge in [-0.2, -0.15) is 0 Å². The van der Waals surface area contributed by atoms with Gasteiger partial charge in [-0.05, 0) is 57.8 Å². The molecule has 1 atom stereocenters. The summed E-state index contributed by atoms with van der Waals surface area (Å²) >= 11 is 0. The molecule has 0 spiro atoms. The van der Waals surface area contributed by atoms with Crippen LogP contribution in [0.4, 0.5) is 5.69 Å². The molecule has 6 nitrogen and oxygen atoms in total. The minimum absolute atomic E-state index is 0.540. The molecule has 1 heterocycles. The van der Waals surface area contributed by atoms with Gasteiger partial charge in [0.2, 0.25) is 0 Å². The summed E-state index contributed by atoms with van der Waals surface area (Å²) in [5, 5.41) is 6.68. The Balaban J connectivity index is 1.98. The van der Waals surface area contributed by atoms with E-state index in [2.05, 4.69) is 29.4 Å². The molecular weight excluding hydrogens is 328 g/mol. The van der Waals surface area contributed by atoms with E-state index in [1.54, 1.807) is 7.11 Å². The first-order chi connectivity index (χ1) is 12.7. The van der Waals surface area contributed by atoms with Crippen molar-refractivity contribution in [3.63, 3.8) is 0 Å².